The lowest BCUT2D eigenvalue weighted by molar-refractivity contribution is 0.566. The maximum Gasteiger partial charge on any atom is 0.263 e. The lowest BCUT2D eigenvalue weighted by atomic mass is 10.3. The molecule has 0 amide bonds. The summed E-state index contributed by atoms with van der Waals surface area (Å²) < 4.78 is 28.3. The highest BCUT2D eigenvalue weighted by atomic mass is 32.2. The third-order valence-corrected chi connectivity index (χ3v) is 5.08. The van der Waals surface area contributed by atoms with E-state index in [2.05, 4.69) is 14.7 Å². The summed E-state index contributed by atoms with van der Waals surface area (Å²) >= 11 is 0. The van der Waals surface area contributed by atoms with E-state index in [1.54, 1.807) is 43.5 Å². The van der Waals surface area contributed by atoms with Crippen molar-refractivity contribution in [2.75, 3.05) is 6.54 Å². The molecule has 0 aliphatic carbocycles. The normalized spacial score (nSPS) is 11.7. The molecule has 1 aromatic carbocycles. The molecule has 0 saturated heterocycles. The Bertz CT molecular complexity index is 1030. The van der Waals surface area contributed by atoms with E-state index in [9.17, 15) is 13.2 Å². The van der Waals surface area contributed by atoms with Crippen molar-refractivity contribution in [1.29, 1.82) is 0 Å². The van der Waals surface area contributed by atoms with Gasteiger partial charge in [0.15, 0.2) is 5.65 Å². The van der Waals surface area contributed by atoms with Crippen molar-refractivity contribution in [2.24, 2.45) is 0 Å². The number of nitrogens with zero attached hydrogens (tertiary/aromatic N) is 3. The van der Waals surface area contributed by atoms with Crippen LogP contribution in [0.2, 0.25) is 0 Å². The zero-order valence-corrected chi connectivity index (χ0v) is 13.8. The van der Waals surface area contributed by atoms with E-state index < -0.39 is 10.0 Å². The van der Waals surface area contributed by atoms with Gasteiger partial charge in [-0.25, -0.2) is 23.1 Å². The molecule has 0 aliphatic heterocycles. The van der Waals surface area contributed by atoms with Crippen LogP contribution >= 0.6 is 0 Å². The summed E-state index contributed by atoms with van der Waals surface area (Å²) in [6.45, 7) is 1.97. The van der Waals surface area contributed by atoms with Gasteiger partial charge in [-0.3, -0.25) is 9.36 Å². The molecule has 0 spiro atoms. The highest BCUT2D eigenvalue weighted by Gasteiger charge is 2.13. The second kappa shape index (κ2) is 6.50. The summed E-state index contributed by atoms with van der Waals surface area (Å²) in [6, 6.07) is 11.4. The molecule has 0 saturated carbocycles. The molecule has 0 bridgehead atoms. The zero-order chi connectivity index (χ0) is 17.2. The molecule has 8 heteroatoms. The van der Waals surface area contributed by atoms with E-state index in [0.717, 1.165) is 0 Å². The highest BCUT2D eigenvalue weighted by Crippen LogP contribution is 2.07. The fourth-order valence-corrected chi connectivity index (χ4v) is 3.44. The number of nitrogens with one attached hydrogen (secondary N) is 1. The number of fused-ring (bicyclic) bond motifs is 1. The molecule has 24 heavy (non-hydrogen) atoms. The summed E-state index contributed by atoms with van der Waals surface area (Å²) in [4.78, 5) is 21.0. The van der Waals surface area contributed by atoms with Gasteiger partial charge in [-0.05, 0) is 31.2 Å². The van der Waals surface area contributed by atoms with Crippen LogP contribution in [-0.2, 0) is 16.6 Å². The van der Waals surface area contributed by atoms with Gasteiger partial charge in [0.25, 0.3) is 5.56 Å². The van der Waals surface area contributed by atoms with Crippen molar-refractivity contribution in [2.45, 2.75) is 18.4 Å². The van der Waals surface area contributed by atoms with Gasteiger partial charge >= 0.3 is 0 Å². The molecule has 0 aliphatic rings. The van der Waals surface area contributed by atoms with Gasteiger partial charge < -0.3 is 0 Å². The lowest BCUT2D eigenvalue weighted by Gasteiger charge is -2.11. The third kappa shape index (κ3) is 3.19. The molecular weight excluding hydrogens is 328 g/mol. The molecular formula is C16H16N4O3S. The van der Waals surface area contributed by atoms with E-state index in [-0.39, 0.29) is 23.5 Å². The Morgan fingerprint density at radius 1 is 1.12 bits per heavy atom. The fourth-order valence-electron chi connectivity index (χ4n) is 2.40. The topological polar surface area (TPSA) is 93.9 Å². The van der Waals surface area contributed by atoms with Crippen molar-refractivity contribution in [1.82, 2.24) is 19.3 Å². The first-order valence-corrected chi connectivity index (χ1v) is 8.84. The summed E-state index contributed by atoms with van der Waals surface area (Å²) in [7, 11) is -3.60. The molecule has 0 radical (unpaired) electrons. The van der Waals surface area contributed by atoms with Crippen LogP contribution in [0, 0.1) is 6.92 Å². The van der Waals surface area contributed by atoms with Crippen molar-refractivity contribution in [3.05, 3.63) is 64.8 Å². The minimum Gasteiger partial charge on any atom is -0.295 e. The predicted octanol–water partition coefficient (Wildman–Crippen LogP) is 1.08. The minimum absolute atomic E-state index is 0.0887. The Morgan fingerprint density at radius 2 is 1.88 bits per heavy atom. The fraction of sp³-hybridized carbons (Fsp3) is 0.188. The largest absolute Gasteiger partial charge is 0.295 e. The van der Waals surface area contributed by atoms with Crippen molar-refractivity contribution >= 4 is 21.1 Å². The molecule has 3 rings (SSSR count). The molecule has 0 atom stereocenters. The Balaban J connectivity index is 1.81. The maximum atomic E-state index is 12.5. The highest BCUT2D eigenvalue weighted by molar-refractivity contribution is 7.89. The van der Waals surface area contributed by atoms with Crippen LogP contribution in [0.1, 0.15) is 5.82 Å². The smallest absolute Gasteiger partial charge is 0.263 e. The van der Waals surface area contributed by atoms with Gasteiger partial charge in [-0.2, -0.15) is 0 Å². The molecule has 0 fully saturated rings. The average Bonchev–Trinajstić information content (AvgIpc) is 2.58. The number of sulfonamides is 1. The average molecular weight is 344 g/mol. The second-order valence-corrected chi connectivity index (χ2v) is 6.97. The van der Waals surface area contributed by atoms with Crippen molar-refractivity contribution < 1.29 is 8.42 Å². The third-order valence-electron chi connectivity index (χ3n) is 3.60. The monoisotopic (exact) mass is 344 g/mol. The quantitative estimate of drug-likeness (QED) is 0.747. The first-order chi connectivity index (χ1) is 11.5. The molecule has 3 aromatic rings. The van der Waals surface area contributed by atoms with Crippen LogP contribution < -0.4 is 10.3 Å². The van der Waals surface area contributed by atoms with Gasteiger partial charge in [-0.1, -0.05) is 18.2 Å². The number of rotatable bonds is 5. The molecule has 0 unspecified atom stereocenters. The number of aryl methyl sites for hydroxylation is 1. The van der Waals surface area contributed by atoms with Crippen LogP contribution in [-0.4, -0.2) is 29.5 Å². The Labute approximate surface area is 139 Å². The molecule has 124 valence electrons. The Hall–Kier alpha value is -2.58. The summed E-state index contributed by atoms with van der Waals surface area (Å²) in [5, 5.41) is 0.411. The first-order valence-electron chi connectivity index (χ1n) is 7.36. The van der Waals surface area contributed by atoms with Crippen LogP contribution in [0.4, 0.5) is 0 Å². The summed E-state index contributed by atoms with van der Waals surface area (Å²) in [5.74, 6) is 0.491. The molecule has 7 nitrogen and oxygen atoms in total. The number of hydrogen-bond acceptors (Lipinski definition) is 5. The number of hydrogen-bond donors (Lipinski definition) is 1. The van der Waals surface area contributed by atoms with Gasteiger partial charge in [-0.15, -0.1) is 0 Å². The predicted molar refractivity (Wildman–Crippen MR) is 90.2 cm³/mol. The van der Waals surface area contributed by atoms with Gasteiger partial charge in [0.1, 0.15) is 5.82 Å². The SMILES string of the molecule is Cc1nc2ncccc2c(=O)n1CCNS(=O)(=O)c1ccccc1. The van der Waals surface area contributed by atoms with Gasteiger partial charge in [0, 0.05) is 19.3 Å². The molecule has 2 aromatic heterocycles. The Kier molecular flexibility index (Phi) is 4.41. The number of pyridine rings is 1. The lowest BCUT2D eigenvalue weighted by Crippen LogP contribution is -2.32. The maximum absolute atomic E-state index is 12.5. The minimum atomic E-state index is -3.60. The van der Waals surface area contributed by atoms with Crippen LogP contribution in [0.15, 0.2) is 58.4 Å². The number of benzene rings is 1. The molecule has 1 N–H and O–H groups in total. The van der Waals surface area contributed by atoms with Crippen LogP contribution in [0.25, 0.3) is 11.0 Å². The van der Waals surface area contributed by atoms with E-state index in [1.807, 2.05) is 0 Å². The van der Waals surface area contributed by atoms with Gasteiger partial charge in [0.2, 0.25) is 10.0 Å². The number of aromatic nitrogens is 3. The standard InChI is InChI=1S/C16H16N4O3S/c1-12-19-15-14(8-5-9-17-15)16(21)20(12)11-10-18-24(22,23)13-6-3-2-4-7-13/h2-9,18H,10-11H2,1H3. The summed E-state index contributed by atoms with van der Waals surface area (Å²) in [6.07, 6.45) is 1.58. The van der Waals surface area contributed by atoms with E-state index in [0.29, 0.717) is 16.9 Å². The zero-order valence-electron chi connectivity index (χ0n) is 13.0. The van der Waals surface area contributed by atoms with E-state index in [4.69, 9.17) is 0 Å². The molecule has 2 heterocycles. The van der Waals surface area contributed by atoms with E-state index >= 15 is 0 Å². The van der Waals surface area contributed by atoms with Crippen molar-refractivity contribution in [3.8, 4) is 0 Å². The second-order valence-electron chi connectivity index (χ2n) is 5.20. The van der Waals surface area contributed by atoms with Gasteiger partial charge in [0.05, 0.1) is 10.3 Å². The summed E-state index contributed by atoms with van der Waals surface area (Å²) in [5.41, 5.74) is 0.158. The van der Waals surface area contributed by atoms with Crippen LogP contribution in [0.5, 0.6) is 0 Å². The van der Waals surface area contributed by atoms with Crippen LogP contribution in [0.3, 0.4) is 0 Å². The van der Waals surface area contributed by atoms with E-state index in [1.165, 1.54) is 16.7 Å². The van der Waals surface area contributed by atoms with Crippen molar-refractivity contribution in [3.63, 3.8) is 0 Å². The Morgan fingerprint density at radius 3 is 2.62 bits per heavy atom. The first kappa shape index (κ1) is 16.3.